The Morgan fingerprint density at radius 2 is 2.00 bits per heavy atom. The van der Waals surface area contributed by atoms with Gasteiger partial charge in [0.2, 0.25) is 11.8 Å². The van der Waals surface area contributed by atoms with E-state index in [0.29, 0.717) is 25.3 Å². The number of nitrogens with one attached hydrogen (secondary N) is 1. The Morgan fingerprint density at radius 3 is 2.54 bits per heavy atom. The van der Waals surface area contributed by atoms with E-state index in [2.05, 4.69) is 39.1 Å². The minimum absolute atomic E-state index is 0.0188. The molecule has 0 aromatic carbocycles. The van der Waals surface area contributed by atoms with Gasteiger partial charge in [-0.05, 0) is 57.6 Å². The van der Waals surface area contributed by atoms with Gasteiger partial charge in [-0.1, -0.05) is 13.8 Å². The molecule has 0 spiro atoms. The normalized spacial score (nSPS) is 17.9. The predicted octanol–water partition coefficient (Wildman–Crippen LogP) is 3.97. The molecule has 1 saturated heterocycles. The molecule has 1 fully saturated rings. The minimum Gasteiger partial charge on any atom is -0.348 e. The van der Waals surface area contributed by atoms with E-state index in [-0.39, 0.29) is 23.9 Å². The number of piperidine rings is 1. The molecule has 4 nitrogen and oxygen atoms in total. The fourth-order valence-corrected chi connectivity index (χ4v) is 4.47. The van der Waals surface area contributed by atoms with Crippen LogP contribution in [0.15, 0.2) is 6.07 Å². The van der Waals surface area contributed by atoms with Gasteiger partial charge < -0.3 is 10.2 Å². The summed E-state index contributed by atoms with van der Waals surface area (Å²) in [5.74, 6) is 0.475. The smallest absolute Gasteiger partial charge is 0.243 e. The third kappa shape index (κ3) is 4.59. The molecule has 0 aliphatic carbocycles. The Kier molecular flexibility index (Phi) is 6.44. The molecular formula is C19H30N2O2S. The summed E-state index contributed by atoms with van der Waals surface area (Å²) >= 11 is 1.76. The molecule has 1 aliphatic rings. The molecule has 0 radical (unpaired) electrons. The van der Waals surface area contributed by atoms with Crippen LogP contribution in [0.1, 0.15) is 67.8 Å². The first-order chi connectivity index (χ1) is 11.3. The largest absolute Gasteiger partial charge is 0.348 e. The topological polar surface area (TPSA) is 49.4 Å². The predicted molar refractivity (Wildman–Crippen MR) is 99.2 cm³/mol. The van der Waals surface area contributed by atoms with Crippen molar-refractivity contribution < 1.29 is 9.59 Å². The zero-order chi connectivity index (χ0) is 17.9. The number of nitrogens with zero attached hydrogens (tertiary/aromatic N) is 1. The van der Waals surface area contributed by atoms with Crippen LogP contribution in [0.5, 0.6) is 0 Å². The van der Waals surface area contributed by atoms with Crippen LogP contribution in [-0.4, -0.2) is 29.3 Å². The minimum atomic E-state index is -0.347. The monoisotopic (exact) mass is 350 g/mol. The SMILES string of the molecule is Cc1cc([C@H](C)NC(=O)[C@@H](CC(C)C)N2CCCCC2=O)c(C)s1. The average Bonchev–Trinajstić information content (AvgIpc) is 2.84. The second kappa shape index (κ2) is 8.15. The van der Waals surface area contributed by atoms with E-state index < -0.39 is 0 Å². The Balaban J connectivity index is 2.12. The first-order valence-electron chi connectivity index (χ1n) is 8.96. The molecule has 0 unspecified atom stereocenters. The number of carbonyl (C=O) groups excluding carboxylic acids is 2. The highest BCUT2D eigenvalue weighted by molar-refractivity contribution is 7.12. The molecule has 0 saturated carbocycles. The van der Waals surface area contributed by atoms with E-state index in [4.69, 9.17) is 0 Å². The van der Waals surface area contributed by atoms with Crippen molar-refractivity contribution in [3.8, 4) is 0 Å². The number of thiophene rings is 1. The fraction of sp³-hybridized carbons (Fsp3) is 0.684. The van der Waals surface area contributed by atoms with E-state index in [1.165, 1.54) is 15.3 Å². The average molecular weight is 351 g/mol. The highest BCUT2D eigenvalue weighted by Gasteiger charge is 2.32. The molecule has 1 aromatic rings. The standard InChI is InChI=1S/C19H30N2O2S/c1-12(2)10-17(21-9-7-6-8-18(21)22)19(23)20-14(4)16-11-13(3)24-15(16)5/h11-12,14,17H,6-10H2,1-5H3,(H,20,23)/t14-,17+/m0/s1. The maximum Gasteiger partial charge on any atom is 0.243 e. The van der Waals surface area contributed by atoms with Gasteiger partial charge in [0.05, 0.1) is 6.04 Å². The van der Waals surface area contributed by atoms with Crippen LogP contribution in [0.2, 0.25) is 0 Å². The van der Waals surface area contributed by atoms with Crippen molar-refractivity contribution in [2.24, 2.45) is 5.92 Å². The van der Waals surface area contributed by atoms with Crippen LogP contribution in [0.4, 0.5) is 0 Å². The molecule has 1 aromatic heterocycles. The molecule has 2 atom stereocenters. The van der Waals surface area contributed by atoms with Gasteiger partial charge in [0, 0.05) is 22.7 Å². The van der Waals surface area contributed by atoms with E-state index in [0.717, 1.165) is 12.8 Å². The van der Waals surface area contributed by atoms with Gasteiger partial charge in [0.25, 0.3) is 0 Å². The first-order valence-corrected chi connectivity index (χ1v) is 9.78. The number of aryl methyl sites for hydroxylation is 2. The second-order valence-corrected chi connectivity index (χ2v) is 8.75. The Labute approximate surface area is 149 Å². The van der Waals surface area contributed by atoms with E-state index >= 15 is 0 Å². The Morgan fingerprint density at radius 1 is 1.29 bits per heavy atom. The summed E-state index contributed by atoms with van der Waals surface area (Å²) < 4.78 is 0. The molecule has 1 N–H and O–H groups in total. The van der Waals surface area contributed by atoms with Crippen LogP contribution in [0.25, 0.3) is 0 Å². The second-order valence-electron chi connectivity index (χ2n) is 7.29. The third-order valence-corrected chi connectivity index (χ3v) is 5.62. The molecule has 24 heavy (non-hydrogen) atoms. The Hall–Kier alpha value is -1.36. The summed E-state index contributed by atoms with van der Waals surface area (Å²) in [6.45, 7) is 11.1. The molecule has 2 heterocycles. The lowest BCUT2D eigenvalue weighted by atomic mass is 9.98. The van der Waals surface area contributed by atoms with E-state index in [9.17, 15) is 9.59 Å². The van der Waals surface area contributed by atoms with Crippen LogP contribution in [0, 0.1) is 19.8 Å². The summed E-state index contributed by atoms with van der Waals surface area (Å²) in [5, 5.41) is 3.15. The number of hydrogen-bond donors (Lipinski definition) is 1. The molecule has 2 amide bonds. The summed E-state index contributed by atoms with van der Waals surface area (Å²) in [7, 11) is 0. The Bertz CT molecular complexity index is 594. The lowest BCUT2D eigenvalue weighted by molar-refractivity contribution is -0.143. The summed E-state index contributed by atoms with van der Waals surface area (Å²) in [5.41, 5.74) is 1.18. The molecule has 0 bridgehead atoms. The van der Waals surface area contributed by atoms with Crippen LogP contribution in [-0.2, 0) is 9.59 Å². The van der Waals surface area contributed by atoms with Crippen molar-refractivity contribution in [2.75, 3.05) is 6.54 Å². The zero-order valence-electron chi connectivity index (χ0n) is 15.5. The van der Waals surface area contributed by atoms with E-state index in [1.807, 2.05) is 6.92 Å². The summed E-state index contributed by atoms with van der Waals surface area (Å²) in [4.78, 5) is 29.5. The number of hydrogen-bond acceptors (Lipinski definition) is 3. The van der Waals surface area contributed by atoms with Crippen molar-refractivity contribution in [3.05, 3.63) is 21.4 Å². The van der Waals surface area contributed by atoms with Crippen molar-refractivity contribution in [1.82, 2.24) is 10.2 Å². The number of rotatable bonds is 6. The highest BCUT2D eigenvalue weighted by Crippen LogP contribution is 2.27. The van der Waals surface area contributed by atoms with Gasteiger partial charge in [-0.2, -0.15) is 0 Å². The molecule has 2 rings (SSSR count). The van der Waals surface area contributed by atoms with Gasteiger partial charge in [0.15, 0.2) is 0 Å². The molecule has 1 aliphatic heterocycles. The number of carbonyl (C=O) groups is 2. The van der Waals surface area contributed by atoms with Gasteiger partial charge in [-0.3, -0.25) is 9.59 Å². The van der Waals surface area contributed by atoms with Crippen molar-refractivity contribution in [3.63, 3.8) is 0 Å². The summed E-state index contributed by atoms with van der Waals surface area (Å²) in [6.07, 6.45) is 3.22. The van der Waals surface area contributed by atoms with Crippen molar-refractivity contribution >= 4 is 23.2 Å². The first kappa shape index (κ1) is 19.0. The molecular weight excluding hydrogens is 320 g/mol. The van der Waals surface area contributed by atoms with Crippen LogP contribution in [0.3, 0.4) is 0 Å². The molecule has 5 heteroatoms. The van der Waals surface area contributed by atoms with Crippen molar-refractivity contribution in [2.45, 2.75) is 72.4 Å². The van der Waals surface area contributed by atoms with E-state index in [1.54, 1.807) is 16.2 Å². The maximum absolute atomic E-state index is 12.9. The van der Waals surface area contributed by atoms with Crippen LogP contribution < -0.4 is 5.32 Å². The summed E-state index contributed by atoms with van der Waals surface area (Å²) in [6, 6.07) is 1.77. The van der Waals surface area contributed by atoms with Gasteiger partial charge in [-0.25, -0.2) is 0 Å². The van der Waals surface area contributed by atoms with Gasteiger partial charge in [0.1, 0.15) is 6.04 Å². The third-order valence-electron chi connectivity index (χ3n) is 4.64. The highest BCUT2D eigenvalue weighted by atomic mass is 32.1. The van der Waals surface area contributed by atoms with Gasteiger partial charge >= 0.3 is 0 Å². The maximum atomic E-state index is 12.9. The van der Waals surface area contributed by atoms with Crippen molar-refractivity contribution in [1.29, 1.82) is 0 Å². The lowest BCUT2D eigenvalue weighted by Gasteiger charge is -2.35. The van der Waals surface area contributed by atoms with Gasteiger partial charge in [-0.15, -0.1) is 11.3 Å². The fourth-order valence-electron chi connectivity index (χ4n) is 3.45. The molecule has 134 valence electrons. The zero-order valence-corrected chi connectivity index (χ0v) is 16.3. The lowest BCUT2D eigenvalue weighted by Crippen LogP contribution is -2.52. The van der Waals surface area contributed by atoms with Crippen LogP contribution >= 0.6 is 11.3 Å². The number of amides is 2. The quantitative estimate of drug-likeness (QED) is 0.844. The number of likely N-dealkylation sites (tertiary alicyclic amines) is 1.